The second-order valence-electron chi connectivity index (χ2n) is 5.03. The maximum atomic E-state index is 11.4. The summed E-state index contributed by atoms with van der Waals surface area (Å²) in [5, 5.41) is 3.13. The molecule has 0 spiro atoms. The molecule has 1 aliphatic heterocycles. The van der Waals surface area contributed by atoms with Gasteiger partial charge in [0.25, 0.3) is 6.01 Å². The lowest BCUT2D eigenvalue weighted by Gasteiger charge is -2.33. The Labute approximate surface area is 112 Å². The molecule has 0 bridgehead atoms. The highest BCUT2D eigenvalue weighted by Gasteiger charge is 2.27. The first-order chi connectivity index (χ1) is 9.13. The number of carbonyl (C=O) groups is 1. The van der Waals surface area contributed by atoms with Gasteiger partial charge in [-0.05, 0) is 25.2 Å². The Morgan fingerprint density at radius 1 is 1.53 bits per heavy atom. The number of nitrogens with one attached hydrogen (secondary N) is 1. The third-order valence-corrected chi connectivity index (χ3v) is 3.36. The van der Waals surface area contributed by atoms with Crippen LogP contribution in [0.15, 0.2) is 10.7 Å². The van der Waals surface area contributed by atoms with Crippen LogP contribution in [0.5, 0.6) is 0 Å². The van der Waals surface area contributed by atoms with Crippen molar-refractivity contribution in [2.45, 2.75) is 26.7 Å². The van der Waals surface area contributed by atoms with Gasteiger partial charge in [-0.3, -0.25) is 0 Å². The molecule has 1 aliphatic rings. The van der Waals surface area contributed by atoms with E-state index >= 15 is 0 Å². The number of anilines is 1. The van der Waals surface area contributed by atoms with Crippen LogP contribution in [0.3, 0.4) is 0 Å². The summed E-state index contributed by atoms with van der Waals surface area (Å²) in [6, 6.07) is 0.357. The van der Waals surface area contributed by atoms with Crippen molar-refractivity contribution in [1.82, 2.24) is 4.98 Å². The lowest BCUT2D eigenvalue weighted by atomic mass is 9.82. The van der Waals surface area contributed by atoms with E-state index in [-0.39, 0.29) is 11.1 Å². The minimum atomic E-state index is -0.462. The molecular formula is C13H20N2O4. The Bertz CT molecular complexity index is 424. The molecule has 0 radical (unpaired) electrons. The van der Waals surface area contributed by atoms with Gasteiger partial charge in [-0.2, -0.15) is 4.98 Å². The summed E-state index contributed by atoms with van der Waals surface area (Å²) in [6.07, 6.45) is 3.32. The first-order valence-electron chi connectivity index (χ1n) is 6.57. The predicted molar refractivity (Wildman–Crippen MR) is 69.1 cm³/mol. The maximum Gasteiger partial charge on any atom is 0.360 e. The van der Waals surface area contributed by atoms with E-state index < -0.39 is 5.97 Å². The van der Waals surface area contributed by atoms with Gasteiger partial charge in [0.15, 0.2) is 5.69 Å². The standard InChI is InChI=1S/C13H20N2O4/c1-3-18-11(16)10-8-19-12(15-10)14-9-13(2)4-6-17-7-5-13/h8H,3-7,9H2,1-2H3,(H,14,15). The summed E-state index contributed by atoms with van der Waals surface area (Å²) in [7, 11) is 0. The van der Waals surface area contributed by atoms with Crippen LogP contribution in [0.25, 0.3) is 0 Å². The Kier molecular flexibility index (Phi) is 4.42. The van der Waals surface area contributed by atoms with Crippen LogP contribution in [0.2, 0.25) is 0 Å². The first-order valence-corrected chi connectivity index (χ1v) is 6.57. The van der Waals surface area contributed by atoms with E-state index in [1.54, 1.807) is 6.92 Å². The molecule has 0 amide bonds. The molecule has 2 rings (SSSR count). The van der Waals surface area contributed by atoms with Crippen molar-refractivity contribution in [2.24, 2.45) is 5.41 Å². The molecule has 6 heteroatoms. The van der Waals surface area contributed by atoms with Crippen molar-refractivity contribution in [2.75, 3.05) is 31.7 Å². The first kappa shape index (κ1) is 13.9. The minimum Gasteiger partial charge on any atom is -0.461 e. The molecule has 1 fully saturated rings. The van der Waals surface area contributed by atoms with E-state index in [1.807, 2.05) is 0 Å². The second-order valence-corrected chi connectivity index (χ2v) is 5.03. The highest BCUT2D eigenvalue weighted by Crippen LogP contribution is 2.29. The van der Waals surface area contributed by atoms with Gasteiger partial charge in [0, 0.05) is 19.8 Å². The molecule has 2 heterocycles. The van der Waals surface area contributed by atoms with Gasteiger partial charge in [0.1, 0.15) is 6.26 Å². The van der Waals surface area contributed by atoms with Crippen molar-refractivity contribution >= 4 is 12.0 Å². The summed E-state index contributed by atoms with van der Waals surface area (Å²) >= 11 is 0. The Morgan fingerprint density at radius 3 is 2.95 bits per heavy atom. The van der Waals surface area contributed by atoms with E-state index in [1.165, 1.54) is 6.26 Å². The largest absolute Gasteiger partial charge is 0.461 e. The van der Waals surface area contributed by atoms with Gasteiger partial charge < -0.3 is 19.2 Å². The van der Waals surface area contributed by atoms with E-state index in [0.29, 0.717) is 12.6 Å². The fraction of sp³-hybridized carbons (Fsp3) is 0.692. The summed E-state index contributed by atoms with van der Waals surface area (Å²) in [5.74, 6) is -0.462. The molecule has 0 aliphatic carbocycles. The normalized spacial score (nSPS) is 18.0. The SMILES string of the molecule is CCOC(=O)c1coc(NCC2(C)CCOCC2)n1. The molecule has 19 heavy (non-hydrogen) atoms. The molecule has 0 atom stereocenters. The smallest absolute Gasteiger partial charge is 0.360 e. The molecule has 1 saturated heterocycles. The molecule has 0 saturated carbocycles. The van der Waals surface area contributed by atoms with Gasteiger partial charge in [-0.15, -0.1) is 0 Å². The summed E-state index contributed by atoms with van der Waals surface area (Å²) in [4.78, 5) is 15.5. The summed E-state index contributed by atoms with van der Waals surface area (Å²) < 4.78 is 15.4. The fourth-order valence-electron chi connectivity index (χ4n) is 1.98. The average molecular weight is 268 g/mol. The van der Waals surface area contributed by atoms with Gasteiger partial charge >= 0.3 is 5.97 Å². The van der Waals surface area contributed by atoms with E-state index in [9.17, 15) is 4.79 Å². The second kappa shape index (κ2) is 6.06. The molecule has 6 nitrogen and oxygen atoms in total. The molecule has 106 valence electrons. The zero-order valence-electron chi connectivity index (χ0n) is 11.4. The van der Waals surface area contributed by atoms with Crippen LogP contribution in [0, 0.1) is 5.41 Å². The summed E-state index contributed by atoms with van der Waals surface area (Å²) in [5.41, 5.74) is 0.373. The van der Waals surface area contributed by atoms with Crippen LogP contribution < -0.4 is 5.32 Å². The third kappa shape index (κ3) is 3.70. The van der Waals surface area contributed by atoms with Crippen LogP contribution in [-0.2, 0) is 9.47 Å². The summed E-state index contributed by atoms with van der Waals surface area (Å²) in [6.45, 7) is 6.61. The number of nitrogens with zero attached hydrogens (tertiary/aromatic N) is 1. The highest BCUT2D eigenvalue weighted by atomic mass is 16.5. The highest BCUT2D eigenvalue weighted by molar-refractivity contribution is 5.87. The van der Waals surface area contributed by atoms with Crippen LogP contribution in [-0.4, -0.2) is 37.3 Å². The number of rotatable bonds is 5. The van der Waals surface area contributed by atoms with Crippen molar-refractivity contribution in [3.8, 4) is 0 Å². The van der Waals surface area contributed by atoms with Gasteiger partial charge in [0.05, 0.1) is 6.61 Å². The molecule has 0 aromatic carbocycles. The van der Waals surface area contributed by atoms with E-state index in [4.69, 9.17) is 13.9 Å². The lowest BCUT2D eigenvalue weighted by molar-refractivity contribution is 0.0298. The van der Waals surface area contributed by atoms with Crippen molar-refractivity contribution in [1.29, 1.82) is 0 Å². The number of hydrogen-bond donors (Lipinski definition) is 1. The Morgan fingerprint density at radius 2 is 2.26 bits per heavy atom. The van der Waals surface area contributed by atoms with Gasteiger partial charge in [-0.1, -0.05) is 6.92 Å². The topological polar surface area (TPSA) is 73.6 Å². The van der Waals surface area contributed by atoms with Crippen molar-refractivity contribution in [3.63, 3.8) is 0 Å². The molecule has 0 unspecified atom stereocenters. The van der Waals surface area contributed by atoms with Crippen molar-refractivity contribution in [3.05, 3.63) is 12.0 Å². The molecular weight excluding hydrogens is 248 g/mol. The van der Waals surface area contributed by atoms with Gasteiger partial charge in [0.2, 0.25) is 0 Å². The molecule has 1 aromatic rings. The van der Waals surface area contributed by atoms with Crippen molar-refractivity contribution < 1.29 is 18.7 Å². The number of ether oxygens (including phenoxy) is 2. The quantitative estimate of drug-likeness (QED) is 0.824. The number of carbonyl (C=O) groups excluding carboxylic acids is 1. The van der Waals surface area contributed by atoms with E-state index in [0.717, 1.165) is 32.6 Å². The van der Waals surface area contributed by atoms with Crippen LogP contribution in [0.1, 0.15) is 37.2 Å². The number of oxazole rings is 1. The zero-order chi connectivity index (χ0) is 13.7. The molecule has 1 N–H and O–H groups in total. The van der Waals surface area contributed by atoms with Crippen LogP contribution in [0.4, 0.5) is 6.01 Å². The van der Waals surface area contributed by atoms with E-state index in [2.05, 4.69) is 17.2 Å². The Balaban J connectivity index is 1.87. The zero-order valence-corrected chi connectivity index (χ0v) is 11.4. The Hall–Kier alpha value is -1.56. The monoisotopic (exact) mass is 268 g/mol. The fourth-order valence-corrected chi connectivity index (χ4v) is 1.98. The average Bonchev–Trinajstić information content (AvgIpc) is 2.87. The number of hydrogen-bond acceptors (Lipinski definition) is 6. The maximum absolute atomic E-state index is 11.4. The minimum absolute atomic E-state index is 0.177. The van der Waals surface area contributed by atoms with Gasteiger partial charge in [-0.25, -0.2) is 4.79 Å². The predicted octanol–water partition coefficient (Wildman–Crippen LogP) is 2.08. The molecule has 1 aromatic heterocycles. The third-order valence-electron chi connectivity index (χ3n) is 3.36. The number of aromatic nitrogens is 1. The van der Waals surface area contributed by atoms with Crippen LogP contribution >= 0.6 is 0 Å². The lowest BCUT2D eigenvalue weighted by Crippen LogP contribution is -2.33. The number of esters is 1.